The minimum absolute atomic E-state index is 0.352. The number of anilines is 1. The van der Waals surface area contributed by atoms with Gasteiger partial charge in [0.25, 0.3) is 0 Å². The molecular weight excluding hydrogens is 215 g/mol. The molecule has 2 nitrogen and oxygen atoms in total. The summed E-state index contributed by atoms with van der Waals surface area (Å²) in [6, 6.07) is 3.56. The van der Waals surface area contributed by atoms with Crippen molar-refractivity contribution in [3.8, 4) is 0 Å². The van der Waals surface area contributed by atoms with E-state index < -0.39 is 0 Å². The third-order valence-corrected chi connectivity index (χ3v) is 1.80. The van der Waals surface area contributed by atoms with Crippen molar-refractivity contribution in [3.05, 3.63) is 22.4 Å². The van der Waals surface area contributed by atoms with E-state index in [1.807, 2.05) is 0 Å². The van der Waals surface area contributed by atoms with Crippen molar-refractivity contribution >= 4 is 33.2 Å². The van der Waals surface area contributed by atoms with Gasteiger partial charge in [0, 0.05) is 0 Å². The summed E-state index contributed by atoms with van der Waals surface area (Å²) in [5.41, 5.74) is 6.89. The Morgan fingerprint density at radius 1 is 1.60 bits per heavy atom. The third-order valence-electron chi connectivity index (χ3n) is 1.10. The van der Waals surface area contributed by atoms with E-state index in [9.17, 15) is 0 Å². The van der Waals surface area contributed by atoms with Crippen LogP contribution in [-0.2, 0) is 5.88 Å². The molecule has 0 bridgehead atoms. The SMILES string of the molecule is Nc1ccc(Br)nc1CCl. The Kier molecular flexibility index (Phi) is 2.51. The van der Waals surface area contributed by atoms with Crippen LogP contribution in [0.2, 0.25) is 0 Å². The van der Waals surface area contributed by atoms with Gasteiger partial charge in [-0.15, -0.1) is 11.6 Å². The zero-order valence-electron chi connectivity index (χ0n) is 5.14. The predicted molar refractivity (Wildman–Crippen MR) is 45.9 cm³/mol. The Hall–Kier alpha value is -0.280. The van der Waals surface area contributed by atoms with Gasteiger partial charge in [0.15, 0.2) is 0 Å². The fourth-order valence-corrected chi connectivity index (χ4v) is 1.15. The van der Waals surface area contributed by atoms with Crippen LogP contribution in [0.1, 0.15) is 5.69 Å². The Morgan fingerprint density at radius 3 is 2.80 bits per heavy atom. The maximum Gasteiger partial charge on any atom is 0.106 e. The van der Waals surface area contributed by atoms with Crippen molar-refractivity contribution in [2.75, 3.05) is 5.73 Å². The van der Waals surface area contributed by atoms with Crippen LogP contribution in [0.15, 0.2) is 16.7 Å². The van der Waals surface area contributed by atoms with Gasteiger partial charge in [0.1, 0.15) is 4.60 Å². The van der Waals surface area contributed by atoms with Gasteiger partial charge >= 0.3 is 0 Å². The molecule has 1 aromatic rings. The average Bonchev–Trinajstić information content (AvgIpc) is 1.94. The van der Waals surface area contributed by atoms with E-state index in [-0.39, 0.29) is 0 Å². The van der Waals surface area contributed by atoms with Gasteiger partial charge in [-0.3, -0.25) is 0 Å². The summed E-state index contributed by atoms with van der Waals surface area (Å²) in [5.74, 6) is 0.352. The zero-order valence-corrected chi connectivity index (χ0v) is 7.48. The van der Waals surface area contributed by atoms with E-state index >= 15 is 0 Å². The lowest BCUT2D eigenvalue weighted by Gasteiger charge is -1.99. The second-order valence-corrected chi connectivity index (χ2v) is 2.88. The highest BCUT2D eigenvalue weighted by atomic mass is 79.9. The fourth-order valence-electron chi connectivity index (χ4n) is 0.593. The Morgan fingerprint density at radius 2 is 2.30 bits per heavy atom. The molecule has 0 amide bonds. The topological polar surface area (TPSA) is 38.9 Å². The average molecular weight is 221 g/mol. The monoisotopic (exact) mass is 220 g/mol. The molecule has 10 heavy (non-hydrogen) atoms. The van der Waals surface area contributed by atoms with E-state index in [0.29, 0.717) is 11.6 Å². The first-order valence-corrected chi connectivity index (χ1v) is 4.03. The van der Waals surface area contributed by atoms with Crippen LogP contribution in [0, 0.1) is 0 Å². The lowest BCUT2D eigenvalue weighted by Crippen LogP contribution is -1.94. The van der Waals surface area contributed by atoms with E-state index in [1.165, 1.54) is 0 Å². The summed E-state index contributed by atoms with van der Waals surface area (Å²) in [6.07, 6.45) is 0. The minimum atomic E-state index is 0.352. The fraction of sp³-hybridized carbons (Fsp3) is 0.167. The van der Waals surface area contributed by atoms with Crippen molar-refractivity contribution in [2.45, 2.75) is 5.88 Å². The van der Waals surface area contributed by atoms with Crippen LogP contribution in [0.4, 0.5) is 5.69 Å². The molecule has 0 aliphatic heterocycles. The maximum absolute atomic E-state index is 5.54. The van der Waals surface area contributed by atoms with Gasteiger partial charge in [0.05, 0.1) is 17.3 Å². The van der Waals surface area contributed by atoms with Crippen molar-refractivity contribution in [1.82, 2.24) is 4.98 Å². The van der Waals surface area contributed by atoms with Gasteiger partial charge in [-0.05, 0) is 28.1 Å². The molecule has 0 aromatic carbocycles. The molecule has 0 radical (unpaired) electrons. The molecular formula is C6H6BrClN2. The van der Waals surface area contributed by atoms with E-state index in [1.54, 1.807) is 12.1 Å². The summed E-state index contributed by atoms with van der Waals surface area (Å²) in [5, 5.41) is 0. The first kappa shape index (κ1) is 7.82. The van der Waals surface area contributed by atoms with Crippen molar-refractivity contribution < 1.29 is 0 Å². The number of nitrogens with zero attached hydrogens (tertiary/aromatic N) is 1. The smallest absolute Gasteiger partial charge is 0.106 e. The van der Waals surface area contributed by atoms with Crippen molar-refractivity contribution in [3.63, 3.8) is 0 Å². The van der Waals surface area contributed by atoms with Crippen molar-refractivity contribution in [1.29, 1.82) is 0 Å². The van der Waals surface area contributed by atoms with E-state index in [0.717, 1.165) is 10.3 Å². The summed E-state index contributed by atoms with van der Waals surface area (Å²) in [6.45, 7) is 0. The van der Waals surface area contributed by atoms with Gasteiger partial charge in [-0.25, -0.2) is 4.98 Å². The molecule has 0 aliphatic carbocycles. The Balaban J connectivity index is 3.09. The Bertz CT molecular complexity index is 239. The van der Waals surface area contributed by atoms with Crippen LogP contribution in [-0.4, -0.2) is 4.98 Å². The molecule has 0 saturated heterocycles. The second kappa shape index (κ2) is 3.21. The normalized spacial score (nSPS) is 9.80. The van der Waals surface area contributed by atoms with Gasteiger partial charge in [-0.2, -0.15) is 0 Å². The first-order valence-electron chi connectivity index (χ1n) is 2.71. The van der Waals surface area contributed by atoms with E-state index in [4.69, 9.17) is 17.3 Å². The number of nitrogens with two attached hydrogens (primary N) is 1. The molecule has 0 spiro atoms. The molecule has 54 valence electrons. The number of nitrogen functional groups attached to an aromatic ring is 1. The molecule has 4 heteroatoms. The standard InChI is InChI=1S/C6H6BrClN2/c7-6-2-1-4(9)5(3-8)10-6/h1-2H,3,9H2. The number of rotatable bonds is 1. The lowest BCUT2D eigenvalue weighted by atomic mass is 10.3. The summed E-state index contributed by atoms with van der Waals surface area (Å²) in [4.78, 5) is 4.05. The number of hydrogen-bond acceptors (Lipinski definition) is 2. The number of halogens is 2. The molecule has 2 N–H and O–H groups in total. The van der Waals surface area contributed by atoms with Crippen LogP contribution in [0.5, 0.6) is 0 Å². The molecule has 1 aromatic heterocycles. The highest BCUT2D eigenvalue weighted by Crippen LogP contribution is 2.15. The van der Waals surface area contributed by atoms with Gasteiger partial charge in [-0.1, -0.05) is 0 Å². The number of hydrogen-bond donors (Lipinski definition) is 1. The first-order chi connectivity index (χ1) is 4.74. The minimum Gasteiger partial charge on any atom is -0.397 e. The lowest BCUT2D eigenvalue weighted by molar-refractivity contribution is 1.15. The summed E-state index contributed by atoms with van der Waals surface area (Å²) >= 11 is 8.75. The Labute approximate surface area is 72.5 Å². The highest BCUT2D eigenvalue weighted by molar-refractivity contribution is 9.10. The van der Waals surface area contributed by atoms with E-state index in [2.05, 4.69) is 20.9 Å². The van der Waals surface area contributed by atoms with Crippen molar-refractivity contribution in [2.24, 2.45) is 0 Å². The molecule has 0 fully saturated rings. The summed E-state index contributed by atoms with van der Waals surface area (Å²) < 4.78 is 0.761. The maximum atomic E-state index is 5.54. The molecule has 1 heterocycles. The molecule has 0 saturated carbocycles. The van der Waals surface area contributed by atoms with Crippen LogP contribution >= 0.6 is 27.5 Å². The quantitative estimate of drug-likeness (QED) is 0.583. The number of alkyl halides is 1. The number of aromatic nitrogens is 1. The highest BCUT2D eigenvalue weighted by Gasteiger charge is 1.98. The van der Waals surface area contributed by atoms with Gasteiger partial charge in [0.2, 0.25) is 0 Å². The summed E-state index contributed by atoms with van der Waals surface area (Å²) in [7, 11) is 0. The van der Waals surface area contributed by atoms with Crippen LogP contribution < -0.4 is 5.73 Å². The number of pyridine rings is 1. The third kappa shape index (κ3) is 1.61. The molecule has 1 rings (SSSR count). The predicted octanol–water partition coefficient (Wildman–Crippen LogP) is 2.17. The second-order valence-electron chi connectivity index (χ2n) is 1.80. The van der Waals surface area contributed by atoms with Crippen LogP contribution in [0.3, 0.4) is 0 Å². The zero-order chi connectivity index (χ0) is 7.56. The molecule has 0 aliphatic rings. The van der Waals surface area contributed by atoms with Gasteiger partial charge < -0.3 is 5.73 Å². The van der Waals surface area contributed by atoms with Crippen LogP contribution in [0.25, 0.3) is 0 Å². The largest absolute Gasteiger partial charge is 0.397 e. The molecule has 0 unspecified atom stereocenters. The molecule has 0 atom stereocenters.